The number of hydrogen-bond donors (Lipinski definition) is 1. The largest absolute Gasteiger partial charge is 0.310 e. The molecule has 0 aliphatic rings. The summed E-state index contributed by atoms with van der Waals surface area (Å²) in [6.07, 6.45) is 14.3. The summed E-state index contributed by atoms with van der Waals surface area (Å²) in [7, 11) is 0. The van der Waals surface area contributed by atoms with Crippen molar-refractivity contribution in [1.82, 2.24) is 5.32 Å². The second kappa shape index (κ2) is 9.81. The van der Waals surface area contributed by atoms with Gasteiger partial charge in [-0.3, -0.25) is 0 Å². The van der Waals surface area contributed by atoms with E-state index >= 15 is 0 Å². The molecule has 1 rings (SSSR count). The minimum Gasteiger partial charge on any atom is -0.310 e. The third-order valence-corrected chi connectivity index (χ3v) is 3.48. The molecule has 0 saturated heterocycles. The van der Waals surface area contributed by atoms with Crippen LogP contribution in [0.1, 0.15) is 22.2 Å². The summed E-state index contributed by atoms with van der Waals surface area (Å²) in [4.78, 5) is 0. The maximum atomic E-state index is 3.79. The third-order valence-electron chi connectivity index (χ3n) is 3.48. The van der Waals surface area contributed by atoms with Gasteiger partial charge in [0.25, 0.3) is 0 Å². The van der Waals surface area contributed by atoms with E-state index in [0.717, 1.165) is 13.1 Å². The van der Waals surface area contributed by atoms with Crippen molar-refractivity contribution in [2.75, 3.05) is 13.1 Å². The first-order chi connectivity index (χ1) is 11.0. The van der Waals surface area contributed by atoms with Crippen molar-refractivity contribution in [3.05, 3.63) is 83.8 Å². The molecule has 0 aliphatic carbocycles. The molecule has 124 valence electrons. The van der Waals surface area contributed by atoms with E-state index in [0.29, 0.717) is 0 Å². The molecule has 23 heavy (non-hydrogen) atoms. The lowest BCUT2D eigenvalue weighted by Gasteiger charge is -2.19. The Hall–Kier alpha value is -2.12. The average molecular weight is 309 g/mol. The summed E-state index contributed by atoms with van der Waals surface area (Å²) in [5.41, 5.74) is 1.42. The summed E-state index contributed by atoms with van der Waals surface area (Å²) >= 11 is 0. The van der Waals surface area contributed by atoms with Crippen LogP contribution in [-0.4, -0.2) is 13.1 Å². The van der Waals surface area contributed by atoms with Gasteiger partial charge < -0.3 is 5.32 Å². The van der Waals surface area contributed by atoms with Crippen LogP contribution in [0.5, 0.6) is 0 Å². The van der Waals surface area contributed by atoms with Crippen molar-refractivity contribution in [3.8, 4) is 0 Å². The SMILES string of the molecule is C=C/C=c1/cccc/c1=C/CNC/C=C\C(=C/C=C)C(C)(C)C.[HH]. The molecular weight excluding hydrogens is 278 g/mol. The van der Waals surface area contributed by atoms with E-state index in [-0.39, 0.29) is 6.84 Å². The fourth-order valence-corrected chi connectivity index (χ4v) is 2.19. The minimum atomic E-state index is 0. The quantitative estimate of drug-likeness (QED) is 0.593. The van der Waals surface area contributed by atoms with Gasteiger partial charge in [-0.05, 0) is 21.4 Å². The van der Waals surface area contributed by atoms with Gasteiger partial charge in [0, 0.05) is 14.5 Å². The molecule has 0 amide bonds. The van der Waals surface area contributed by atoms with E-state index in [4.69, 9.17) is 0 Å². The van der Waals surface area contributed by atoms with Crippen LogP contribution in [0, 0.1) is 5.41 Å². The Morgan fingerprint density at radius 1 is 1.09 bits per heavy atom. The van der Waals surface area contributed by atoms with Crippen LogP contribution in [0.4, 0.5) is 0 Å². The topological polar surface area (TPSA) is 12.0 Å². The number of hydrogen-bond acceptors (Lipinski definition) is 1. The molecule has 0 saturated carbocycles. The summed E-state index contributed by atoms with van der Waals surface area (Å²) in [5.74, 6) is 0. The van der Waals surface area contributed by atoms with Gasteiger partial charge in [-0.25, -0.2) is 0 Å². The van der Waals surface area contributed by atoms with Crippen LogP contribution in [0.25, 0.3) is 12.2 Å². The molecule has 0 unspecified atom stereocenters. The van der Waals surface area contributed by atoms with Crippen LogP contribution in [0.15, 0.2) is 73.4 Å². The smallest absolute Gasteiger partial charge is 0.0146 e. The lowest BCUT2D eigenvalue weighted by atomic mass is 9.86. The maximum absolute atomic E-state index is 3.79. The minimum absolute atomic E-state index is 0. The van der Waals surface area contributed by atoms with Crippen LogP contribution >= 0.6 is 0 Å². The van der Waals surface area contributed by atoms with Crippen molar-refractivity contribution in [1.29, 1.82) is 0 Å². The maximum Gasteiger partial charge on any atom is 0.0146 e. The Morgan fingerprint density at radius 2 is 1.78 bits per heavy atom. The monoisotopic (exact) mass is 309 g/mol. The predicted molar refractivity (Wildman–Crippen MR) is 107 cm³/mol. The zero-order valence-corrected chi connectivity index (χ0v) is 14.7. The summed E-state index contributed by atoms with van der Waals surface area (Å²) in [6, 6.07) is 8.32. The molecular formula is C22H31N. The highest BCUT2D eigenvalue weighted by atomic mass is 14.8. The summed E-state index contributed by atoms with van der Waals surface area (Å²) in [6.45, 7) is 15.9. The second-order valence-corrected chi connectivity index (χ2v) is 6.40. The van der Waals surface area contributed by atoms with E-state index in [2.05, 4.69) is 81.7 Å². The fourth-order valence-electron chi connectivity index (χ4n) is 2.19. The average Bonchev–Trinajstić information content (AvgIpc) is 2.50. The Bertz CT molecular complexity index is 687. The first kappa shape index (κ1) is 18.9. The first-order valence-electron chi connectivity index (χ1n) is 8.07. The molecule has 0 aromatic heterocycles. The number of allylic oxidation sites excluding steroid dienone is 5. The van der Waals surface area contributed by atoms with Crippen molar-refractivity contribution in [2.45, 2.75) is 20.8 Å². The van der Waals surface area contributed by atoms with Gasteiger partial charge in [-0.2, -0.15) is 0 Å². The van der Waals surface area contributed by atoms with Gasteiger partial charge in [0.1, 0.15) is 0 Å². The number of nitrogens with one attached hydrogen (secondary N) is 1. The Labute approximate surface area is 142 Å². The molecule has 0 bridgehead atoms. The van der Waals surface area contributed by atoms with E-state index in [1.54, 1.807) is 0 Å². The van der Waals surface area contributed by atoms with Crippen molar-refractivity contribution >= 4 is 12.2 Å². The molecule has 0 spiro atoms. The van der Waals surface area contributed by atoms with E-state index in [9.17, 15) is 0 Å². The summed E-state index contributed by atoms with van der Waals surface area (Å²) in [5, 5.41) is 5.84. The highest BCUT2D eigenvalue weighted by Crippen LogP contribution is 2.25. The van der Waals surface area contributed by atoms with Crippen LogP contribution in [-0.2, 0) is 0 Å². The van der Waals surface area contributed by atoms with E-state index in [1.165, 1.54) is 16.0 Å². The molecule has 0 radical (unpaired) electrons. The molecule has 0 fully saturated rings. The van der Waals surface area contributed by atoms with E-state index in [1.807, 2.05) is 24.3 Å². The van der Waals surface area contributed by atoms with E-state index < -0.39 is 0 Å². The zero-order valence-electron chi connectivity index (χ0n) is 14.7. The van der Waals surface area contributed by atoms with Gasteiger partial charge >= 0.3 is 0 Å². The van der Waals surface area contributed by atoms with Gasteiger partial charge in [0.05, 0.1) is 0 Å². The molecule has 1 aromatic carbocycles. The highest BCUT2D eigenvalue weighted by Gasteiger charge is 2.13. The molecule has 0 heterocycles. The van der Waals surface area contributed by atoms with Crippen LogP contribution in [0.3, 0.4) is 0 Å². The van der Waals surface area contributed by atoms with Gasteiger partial charge in [0.2, 0.25) is 0 Å². The zero-order chi connectivity index (χ0) is 17.1. The molecule has 1 heteroatoms. The lowest BCUT2D eigenvalue weighted by Crippen LogP contribution is -2.26. The first-order valence-corrected chi connectivity index (χ1v) is 8.07. The Kier molecular flexibility index (Phi) is 8.07. The normalized spacial score (nSPS) is 14.5. The van der Waals surface area contributed by atoms with Crippen molar-refractivity contribution in [3.63, 3.8) is 0 Å². The fraction of sp³-hybridized carbons (Fsp3) is 0.273. The van der Waals surface area contributed by atoms with Crippen molar-refractivity contribution < 1.29 is 1.43 Å². The van der Waals surface area contributed by atoms with Gasteiger partial charge in [-0.1, -0.05) is 101 Å². The van der Waals surface area contributed by atoms with Crippen molar-refractivity contribution in [2.24, 2.45) is 5.41 Å². The Morgan fingerprint density at radius 3 is 2.39 bits per heavy atom. The second-order valence-electron chi connectivity index (χ2n) is 6.40. The molecule has 0 aliphatic heterocycles. The number of benzene rings is 1. The summed E-state index contributed by atoms with van der Waals surface area (Å²) < 4.78 is 0. The lowest BCUT2D eigenvalue weighted by molar-refractivity contribution is 0.517. The molecule has 1 nitrogen and oxygen atoms in total. The molecule has 1 N–H and O–H groups in total. The van der Waals surface area contributed by atoms with Crippen LogP contribution in [0.2, 0.25) is 0 Å². The highest BCUT2D eigenvalue weighted by molar-refractivity contribution is 5.39. The van der Waals surface area contributed by atoms with Gasteiger partial charge in [-0.15, -0.1) is 0 Å². The molecule has 0 atom stereocenters. The molecule has 1 aromatic rings. The van der Waals surface area contributed by atoms with Crippen LogP contribution < -0.4 is 15.8 Å². The third kappa shape index (κ3) is 7.12. The standard InChI is InChI=1S/C22H29N.H2/c1-6-11-19-13-8-9-14-20(19)16-18-23-17-10-15-21(12-7-2)22(3,4)5;/h6-16,23H,1-2,17-18H2,3-5H3;1H/b15-10-,19-11-,20-16-,21-12+;. The number of rotatable bonds is 7. The Balaban J connectivity index is 0.00000529. The van der Waals surface area contributed by atoms with Gasteiger partial charge in [0.15, 0.2) is 0 Å². The predicted octanol–water partition coefficient (Wildman–Crippen LogP) is 3.98.